The van der Waals surface area contributed by atoms with E-state index >= 15 is 0 Å². The minimum absolute atomic E-state index is 0.0794. The molecule has 2 N–H and O–H groups in total. The number of benzene rings is 1. The van der Waals surface area contributed by atoms with Crippen molar-refractivity contribution in [2.75, 3.05) is 7.05 Å². The number of halogens is 1. The van der Waals surface area contributed by atoms with E-state index in [2.05, 4.69) is 21.2 Å². The van der Waals surface area contributed by atoms with E-state index in [0.717, 1.165) is 22.9 Å². The van der Waals surface area contributed by atoms with Crippen LogP contribution in [0.2, 0.25) is 0 Å². The number of rotatable bonds is 5. The van der Waals surface area contributed by atoms with Crippen molar-refractivity contribution in [3.05, 3.63) is 34.3 Å². The van der Waals surface area contributed by atoms with Crippen molar-refractivity contribution in [2.45, 2.75) is 25.4 Å². The number of carboxylic acid groups (broad SMARTS) is 1. The summed E-state index contributed by atoms with van der Waals surface area (Å²) in [5.74, 6) is -0.882. The topological polar surface area (TPSA) is 69.6 Å². The van der Waals surface area contributed by atoms with Crippen LogP contribution in [0.4, 0.5) is 4.79 Å². The van der Waals surface area contributed by atoms with Crippen molar-refractivity contribution in [1.29, 1.82) is 0 Å². The molecule has 20 heavy (non-hydrogen) atoms. The monoisotopic (exact) mass is 340 g/mol. The first-order chi connectivity index (χ1) is 9.47. The maximum atomic E-state index is 12.0. The molecule has 1 aliphatic carbocycles. The van der Waals surface area contributed by atoms with Crippen molar-refractivity contribution in [3.63, 3.8) is 0 Å². The molecule has 2 rings (SSSR count). The molecule has 1 atom stereocenters. The van der Waals surface area contributed by atoms with E-state index in [-0.39, 0.29) is 11.9 Å². The quantitative estimate of drug-likeness (QED) is 0.864. The number of aliphatic carboxylic acids is 1. The average Bonchev–Trinajstić information content (AvgIpc) is 3.19. The minimum Gasteiger partial charge on any atom is -0.480 e. The summed E-state index contributed by atoms with van der Waals surface area (Å²) in [5.41, 5.74) is 0.982. The van der Waals surface area contributed by atoms with Gasteiger partial charge in [-0.2, -0.15) is 0 Å². The summed E-state index contributed by atoms with van der Waals surface area (Å²) in [6.07, 6.45) is 1.74. The highest BCUT2D eigenvalue weighted by atomic mass is 79.9. The van der Waals surface area contributed by atoms with Gasteiger partial charge >= 0.3 is 12.0 Å². The molecule has 0 radical (unpaired) electrons. The van der Waals surface area contributed by atoms with Crippen LogP contribution in [0.3, 0.4) is 0 Å². The summed E-state index contributed by atoms with van der Waals surface area (Å²) in [4.78, 5) is 24.6. The molecule has 1 fully saturated rings. The zero-order chi connectivity index (χ0) is 14.7. The van der Waals surface area contributed by atoms with Crippen LogP contribution in [0.15, 0.2) is 28.7 Å². The molecule has 1 unspecified atom stereocenters. The molecule has 108 valence electrons. The Morgan fingerprint density at radius 3 is 2.75 bits per heavy atom. The van der Waals surface area contributed by atoms with E-state index in [9.17, 15) is 9.59 Å². The van der Waals surface area contributed by atoms with Crippen LogP contribution < -0.4 is 5.32 Å². The molecule has 1 saturated carbocycles. The number of nitrogens with zero attached hydrogens (tertiary/aromatic N) is 1. The Morgan fingerprint density at radius 1 is 1.50 bits per heavy atom. The predicted molar refractivity (Wildman–Crippen MR) is 78.3 cm³/mol. The van der Waals surface area contributed by atoms with Gasteiger partial charge in [-0.1, -0.05) is 28.1 Å². The lowest BCUT2D eigenvalue weighted by atomic mass is 10.2. The number of carboxylic acids is 1. The molecule has 5 nitrogen and oxygen atoms in total. The number of hydrogen-bond acceptors (Lipinski definition) is 2. The van der Waals surface area contributed by atoms with E-state index in [0.29, 0.717) is 6.54 Å². The van der Waals surface area contributed by atoms with Crippen LogP contribution in [0.5, 0.6) is 0 Å². The average molecular weight is 341 g/mol. The lowest BCUT2D eigenvalue weighted by Gasteiger charge is -2.21. The standard InChI is InChI=1S/C14H17BrN2O3/c1-17(8-9-3-2-4-11(15)7-9)14(20)16-12(13(18)19)10-5-6-10/h2-4,7,10,12H,5-6,8H2,1H3,(H,16,20)(H,18,19). The summed E-state index contributed by atoms with van der Waals surface area (Å²) in [6.45, 7) is 0.433. The van der Waals surface area contributed by atoms with E-state index in [1.807, 2.05) is 24.3 Å². The van der Waals surface area contributed by atoms with Gasteiger partial charge in [-0.25, -0.2) is 9.59 Å². The van der Waals surface area contributed by atoms with E-state index in [4.69, 9.17) is 5.11 Å². The fraction of sp³-hybridized carbons (Fsp3) is 0.429. The molecular formula is C14H17BrN2O3. The number of amides is 2. The lowest BCUT2D eigenvalue weighted by Crippen LogP contribution is -2.47. The third-order valence-corrected chi connectivity index (χ3v) is 3.79. The van der Waals surface area contributed by atoms with E-state index < -0.39 is 12.0 Å². The van der Waals surface area contributed by atoms with Crippen LogP contribution in [-0.2, 0) is 11.3 Å². The molecule has 0 spiro atoms. The van der Waals surface area contributed by atoms with Crippen LogP contribution >= 0.6 is 15.9 Å². The minimum atomic E-state index is -0.961. The van der Waals surface area contributed by atoms with Gasteiger partial charge in [-0.05, 0) is 36.5 Å². The Morgan fingerprint density at radius 2 is 2.20 bits per heavy atom. The summed E-state index contributed by atoms with van der Waals surface area (Å²) in [6, 6.07) is 6.53. The fourth-order valence-electron chi connectivity index (χ4n) is 2.03. The highest BCUT2D eigenvalue weighted by Gasteiger charge is 2.37. The van der Waals surface area contributed by atoms with Crippen LogP contribution in [-0.4, -0.2) is 35.1 Å². The highest BCUT2D eigenvalue weighted by molar-refractivity contribution is 9.10. The van der Waals surface area contributed by atoms with Crippen LogP contribution in [0.1, 0.15) is 18.4 Å². The summed E-state index contributed by atoms with van der Waals surface area (Å²) in [5, 5.41) is 11.7. The van der Waals surface area contributed by atoms with Gasteiger partial charge in [0.05, 0.1) is 0 Å². The second-order valence-corrected chi connectivity index (χ2v) is 6.00. The second kappa shape index (κ2) is 6.26. The van der Waals surface area contributed by atoms with Crippen molar-refractivity contribution >= 4 is 27.9 Å². The smallest absolute Gasteiger partial charge is 0.326 e. The summed E-state index contributed by atoms with van der Waals surface area (Å²) in [7, 11) is 1.65. The Hall–Kier alpha value is -1.56. The molecule has 6 heteroatoms. The lowest BCUT2D eigenvalue weighted by molar-refractivity contribution is -0.139. The summed E-state index contributed by atoms with van der Waals surface area (Å²) >= 11 is 3.38. The number of carbonyl (C=O) groups is 2. The zero-order valence-electron chi connectivity index (χ0n) is 11.2. The zero-order valence-corrected chi connectivity index (χ0v) is 12.8. The molecule has 0 saturated heterocycles. The van der Waals surface area contributed by atoms with E-state index in [1.54, 1.807) is 7.05 Å². The predicted octanol–water partition coefficient (Wildman–Crippen LogP) is 2.45. The van der Waals surface area contributed by atoms with Gasteiger partial charge in [0.2, 0.25) is 0 Å². The number of nitrogens with one attached hydrogen (secondary N) is 1. The summed E-state index contributed by atoms with van der Waals surface area (Å²) < 4.78 is 0.949. The fourth-order valence-corrected chi connectivity index (χ4v) is 2.48. The molecule has 0 aromatic heterocycles. The van der Waals surface area contributed by atoms with Gasteiger partial charge in [0.25, 0.3) is 0 Å². The van der Waals surface area contributed by atoms with Gasteiger partial charge in [0.1, 0.15) is 6.04 Å². The number of carbonyl (C=O) groups excluding carboxylic acids is 1. The first kappa shape index (κ1) is 14.8. The van der Waals surface area contributed by atoms with Gasteiger partial charge in [0, 0.05) is 18.1 Å². The first-order valence-electron chi connectivity index (χ1n) is 6.46. The normalized spacial score (nSPS) is 15.5. The van der Waals surface area contributed by atoms with Gasteiger partial charge in [-0.3, -0.25) is 0 Å². The largest absolute Gasteiger partial charge is 0.480 e. The van der Waals surface area contributed by atoms with Crippen LogP contribution in [0, 0.1) is 5.92 Å². The molecule has 1 aromatic carbocycles. The van der Waals surface area contributed by atoms with Gasteiger partial charge in [0.15, 0.2) is 0 Å². The Kier molecular flexibility index (Phi) is 4.65. The van der Waals surface area contributed by atoms with Crippen molar-refractivity contribution < 1.29 is 14.7 Å². The third kappa shape index (κ3) is 3.96. The van der Waals surface area contributed by atoms with E-state index in [1.165, 1.54) is 4.90 Å². The Bertz CT molecular complexity index is 517. The SMILES string of the molecule is CN(Cc1cccc(Br)c1)C(=O)NC(C(=O)O)C1CC1. The molecular weight excluding hydrogens is 324 g/mol. The molecule has 1 aliphatic rings. The number of urea groups is 1. The van der Waals surface area contributed by atoms with Gasteiger partial charge in [-0.15, -0.1) is 0 Å². The molecule has 0 bridgehead atoms. The Labute approximate surface area is 126 Å². The second-order valence-electron chi connectivity index (χ2n) is 5.09. The van der Waals surface area contributed by atoms with Crippen molar-refractivity contribution in [2.24, 2.45) is 5.92 Å². The van der Waals surface area contributed by atoms with Crippen molar-refractivity contribution in [1.82, 2.24) is 10.2 Å². The highest BCUT2D eigenvalue weighted by Crippen LogP contribution is 2.32. The maximum absolute atomic E-state index is 12.0. The van der Waals surface area contributed by atoms with Crippen molar-refractivity contribution in [3.8, 4) is 0 Å². The number of hydrogen-bond donors (Lipinski definition) is 2. The molecule has 0 heterocycles. The Balaban J connectivity index is 1.92. The van der Waals surface area contributed by atoms with Gasteiger partial charge < -0.3 is 15.3 Å². The molecule has 2 amide bonds. The first-order valence-corrected chi connectivity index (χ1v) is 7.25. The molecule has 1 aromatic rings. The van der Waals surface area contributed by atoms with Crippen LogP contribution in [0.25, 0.3) is 0 Å². The third-order valence-electron chi connectivity index (χ3n) is 3.29. The molecule has 0 aliphatic heterocycles. The maximum Gasteiger partial charge on any atom is 0.326 e.